The molecule has 1 aliphatic heterocycles. The molecule has 1 spiro atoms. The van der Waals surface area contributed by atoms with Crippen LogP contribution in [0.5, 0.6) is 0 Å². The minimum atomic E-state index is 0.695. The Morgan fingerprint density at radius 2 is 1.85 bits per heavy atom. The predicted octanol–water partition coefficient (Wildman–Crippen LogP) is 2.91. The zero-order chi connectivity index (χ0) is 13.8. The molecule has 0 atom stereocenters. The maximum atomic E-state index is 5.34. The first-order valence-electron chi connectivity index (χ1n) is 7.94. The first-order valence-corrected chi connectivity index (χ1v) is 7.94. The van der Waals surface area contributed by atoms with Gasteiger partial charge in [-0.25, -0.2) is 10.8 Å². The molecule has 2 aliphatic rings. The lowest BCUT2D eigenvalue weighted by atomic mass is 9.68. The summed E-state index contributed by atoms with van der Waals surface area (Å²) in [5.74, 6) is 6.07. The molecule has 3 rings (SSSR count). The van der Waals surface area contributed by atoms with Gasteiger partial charge in [0, 0.05) is 12.7 Å². The maximum Gasteiger partial charge on any atom is 0.139 e. The fraction of sp³-hybridized carbons (Fsp3) is 0.688. The number of nitrogens with zero attached hydrogens (tertiary/aromatic N) is 2. The van der Waals surface area contributed by atoms with E-state index in [1.807, 2.05) is 12.3 Å². The van der Waals surface area contributed by atoms with Crippen LogP contribution in [-0.4, -0.2) is 23.0 Å². The standard InChI is InChI=1S/C16H26N4/c17-19-15-5-4-14(12-18-15)13-20-10-8-16(9-11-20)6-2-1-3-7-16/h4-5,12H,1-3,6-11,13,17H2,(H,18,19). The van der Waals surface area contributed by atoms with E-state index in [-0.39, 0.29) is 0 Å². The molecule has 110 valence electrons. The van der Waals surface area contributed by atoms with E-state index in [4.69, 9.17) is 5.84 Å². The summed E-state index contributed by atoms with van der Waals surface area (Å²) < 4.78 is 0. The van der Waals surface area contributed by atoms with Crippen LogP contribution in [0.1, 0.15) is 50.5 Å². The number of hydrogen-bond donors (Lipinski definition) is 2. The van der Waals surface area contributed by atoms with Crippen molar-refractivity contribution < 1.29 is 0 Å². The monoisotopic (exact) mass is 274 g/mol. The largest absolute Gasteiger partial charge is 0.308 e. The number of aromatic nitrogens is 1. The highest BCUT2D eigenvalue weighted by Gasteiger charge is 2.35. The molecule has 1 saturated carbocycles. The van der Waals surface area contributed by atoms with Crippen molar-refractivity contribution in [3.8, 4) is 0 Å². The minimum absolute atomic E-state index is 0.695. The predicted molar refractivity (Wildman–Crippen MR) is 82.1 cm³/mol. The van der Waals surface area contributed by atoms with Gasteiger partial charge in [0.2, 0.25) is 0 Å². The van der Waals surface area contributed by atoms with Crippen LogP contribution in [0.25, 0.3) is 0 Å². The van der Waals surface area contributed by atoms with Crippen LogP contribution >= 0.6 is 0 Å². The summed E-state index contributed by atoms with van der Waals surface area (Å²) in [6.45, 7) is 3.52. The van der Waals surface area contributed by atoms with Crippen molar-refractivity contribution in [2.45, 2.75) is 51.5 Å². The van der Waals surface area contributed by atoms with Gasteiger partial charge in [0.15, 0.2) is 0 Å². The van der Waals surface area contributed by atoms with E-state index in [1.54, 1.807) is 0 Å². The second-order valence-corrected chi connectivity index (χ2v) is 6.53. The lowest BCUT2D eigenvalue weighted by Gasteiger charge is -2.44. The number of likely N-dealkylation sites (tertiary alicyclic amines) is 1. The molecule has 1 aliphatic carbocycles. The second kappa shape index (κ2) is 6.10. The Balaban J connectivity index is 1.52. The van der Waals surface area contributed by atoms with Crippen LogP contribution in [0.15, 0.2) is 18.3 Å². The van der Waals surface area contributed by atoms with Gasteiger partial charge in [0.05, 0.1) is 0 Å². The van der Waals surface area contributed by atoms with Gasteiger partial charge in [-0.15, -0.1) is 0 Å². The highest BCUT2D eigenvalue weighted by Crippen LogP contribution is 2.44. The van der Waals surface area contributed by atoms with E-state index in [9.17, 15) is 0 Å². The van der Waals surface area contributed by atoms with Gasteiger partial charge in [-0.1, -0.05) is 25.3 Å². The number of piperidine rings is 1. The van der Waals surface area contributed by atoms with Gasteiger partial charge >= 0.3 is 0 Å². The average Bonchev–Trinajstić information content (AvgIpc) is 2.52. The fourth-order valence-corrected chi connectivity index (χ4v) is 3.85. The lowest BCUT2D eigenvalue weighted by molar-refractivity contribution is 0.0641. The van der Waals surface area contributed by atoms with E-state index in [2.05, 4.69) is 21.4 Å². The summed E-state index contributed by atoms with van der Waals surface area (Å²) in [4.78, 5) is 6.86. The Morgan fingerprint density at radius 1 is 1.10 bits per heavy atom. The molecule has 2 heterocycles. The lowest BCUT2D eigenvalue weighted by Crippen LogP contribution is -2.40. The van der Waals surface area contributed by atoms with Crippen LogP contribution in [0.3, 0.4) is 0 Å². The fourth-order valence-electron chi connectivity index (χ4n) is 3.85. The number of nitrogens with one attached hydrogen (secondary N) is 1. The van der Waals surface area contributed by atoms with E-state index in [0.29, 0.717) is 5.41 Å². The third kappa shape index (κ3) is 3.13. The Bertz CT molecular complexity index is 413. The summed E-state index contributed by atoms with van der Waals surface area (Å²) in [5.41, 5.74) is 4.55. The molecule has 0 unspecified atom stereocenters. The molecular formula is C16H26N4. The van der Waals surface area contributed by atoms with E-state index < -0.39 is 0 Å². The molecule has 0 bridgehead atoms. The third-order valence-corrected chi connectivity index (χ3v) is 5.21. The summed E-state index contributed by atoms with van der Waals surface area (Å²) in [6, 6.07) is 4.06. The van der Waals surface area contributed by atoms with Crippen molar-refractivity contribution in [1.82, 2.24) is 9.88 Å². The summed E-state index contributed by atoms with van der Waals surface area (Å²) in [6.07, 6.45) is 12.0. The van der Waals surface area contributed by atoms with Crippen molar-refractivity contribution >= 4 is 5.82 Å². The molecule has 0 amide bonds. The zero-order valence-electron chi connectivity index (χ0n) is 12.3. The Kier molecular flexibility index (Phi) is 4.22. The second-order valence-electron chi connectivity index (χ2n) is 6.53. The first-order chi connectivity index (χ1) is 9.80. The molecule has 20 heavy (non-hydrogen) atoms. The number of anilines is 1. The SMILES string of the molecule is NNc1ccc(CN2CCC3(CCCCC3)CC2)cn1. The smallest absolute Gasteiger partial charge is 0.139 e. The summed E-state index contributed by atoms with van der Waals surface area (Å²) in [7, 11) is 0. The van der Waals surface area contributed by atoms with Crippen molar-refractivity contribution in [2.24, 2.45) is 11.3 Å². The van der Waals surface area contributed by atoms with Crippen LogP contribution in [-0.2, 0) is 6.54 Å². The maximum absolute atomic E-state index is 5.34. The Morgan fingerprint density at radius 3 is 2.45 bits per heavy atom. The van der Waals surface area contributed by atoms with Gasteiger partial charge in [-0.2, -0.15) is 0 Å². The molecule has 3 N–H and O–H groups in total. The van der Waals surface area contributed by atoms with Gasteiger partial charge in [-0.3, -0.25) is 4.90 Å². The molecule has 1 aromatic heterocycles. The molecular weight excluding hydrogens is 248 g/mol. The third-order valence-electron chi connectivity index (χ3n) is 5.21. The molecule has 1 saturated heterocycles. The number of pyridine rings is 1. The Labute approximate surface area is 121 Å². The van der Waals surface area contributed by atoms with Gasteiger partial charge in [-0.05, 0) is 55.8 Å². The minimum Gasteiger partial charge on any atom is -0.308 e. The van der Waals surface area contributed by atoms with Gasteiger partial charge in [0.25, 0.3) is 0 Å². The van der Waals surface area contributed by atoms with E-state index >= 15 is 0 Å². The number of nitrogens with two attached hydrogens (primary N) is 1. The first kappa shape index (κ1) is 13.8. The zero-order valence-corrected chi connectivity index (χ0v) is 12.3. The van der Waals surface area contributed by atoms with Gasteiger partial charge < -0.3 is 5.43 Å². The van der Waals surface area contributed by atoms with Crippen molar-refractivity contribution in [2.75, 3.05) is 18.5 Å². The highest BCUT2D eigenvalue weighted by molar-refractivity contribution is 5.33. The van der Waals surface area contributed by atoms with Gasteiger partial charge in [0.1, 0.15) is 5.82 Å². The van der Waals surface area contributed by atoms with E-state index in [0.717, 1.165) is 12.4 Å². The van der Waals surface area contributed by atoms with Crippen LogP contribution in [0.4, 0.5) is 5.82 Å². The van der Waals surface area contributed by atoms with Crippen molar-refractivity contribution in [1.29, 1.82) is 0 Å². The van der Waals surface area contributed by atoms with Crippen molar-refractivity contribution in [3.05, 3.63) is 23.9 Å². The van der Waals surface area contributed by atoms with Crippen LogP contribution < -0.4 is 11.3 Å². The van der Waals surface area contributed by atoms with E-state index in [1.165, 1.54) is 63.6 Å². The molecule has 0 aromatic carbocycles. The summed E-state index contributed by atoms with van der Waals surface area (Å²) in [5, 5.41) is 0. The van der Waals surface area contributed by atoms with Crippen molar-refractivity contribution in [3.63, 3.8) is 0 Å². The summed E-state index contributed by atoms with van der Waals surface area (Å²) >= 11 is 0. The number of hydrazine groups is 1. The normalized spacial score (nSPS) is 22.9. The molecule has 4 nitrogen and oxygen atoms in total. The topological polar surface area (TPSA) is 54.2 Å². The van der Waals surface area contributed by atoms with Crippen LogP contribution in [0.2, 0.25) is 0 Å². The number of hydrogen-bond acceptors (Lipinski definition) is 4. The Hall–Kier alpha value is -1.13. The molecule has 4 heteroatoms. The van der Waals surface area contributed by atoms with Crippen LogP contribution in [0, 0.1) is 5.41 Å². The average molecular weight is 274 g/mol. The number of nitrogen functional groups attached to an aromatic ring is 1. The molecule has 1 aromatic rings. The molecule has 2 fully saturated rings. The molecule has 0 radical (unpaired) electrons. The quantitative estimate of drug-likeness (QED) is 0.657. The number of rotatable bonds is 3. The highest BCUT2D eigenvalue weighted by atomic mass is 15.2.